The fourth-order valence-electron chi connectivity index (χ4n) is 6.16. The van der Waals surface area contributed by atoms with Crippen LogP contribution in [0.3, 0.4) is 0 Å². The van der Waals surface area contributed by atoms with E-state index in [4.69, 9.17) is 0 Å². The molecule has 45 heavy (non-hydrogen) atoms. The summed E-state index contributed by atoms with van der Waals surface area (Å²) in [6.45, 7) is 7.94. The smallest absolute Gasteiger partial charge is 0.133 e. The molecule has 0 bridgehead atoms. The van der Waals surface area contributed by atoms with E-state index < -0.39 is 0 Å². The molecule has 2 nitrogen and oxygen atoms in total. The molecule has 0 aliphatic carbocycles. The van der Waals surface area contributed by atoms with Crippen molar-refractivity contribution in [3.8, 4) is 0 Å². The van der Waals surface area contributed by atoms with Crippen LogP contribution in [-0.2, 0) is 4.79 Å². The molecule has 0 heterocycles. The van der Waals surface area contributed by atoms with Crippen LogP contribution in [0.4, 0.5) is 0 Å². The van der Waals surface area contributed by atoms with E-state index in [0.717, 1.165) is 38.6 Å². The van der Waals surface area contributed by atoms with Crippen LogP contribution in [0.15, 0.2) is 48.6 Å². The standard InChI is InChI=1S/C43H79NO/c1-6-8-10-12-14-16-18-20-22-24-26-28-30-32-34-38-43(3,41-42(45)37-36-40-44(4)5)39-35-33-31-29-27-25-23-21-19-17-15-13-11-9-7-2/h12-15,18-21H,6-11,16-17,22-41H2,1-5H3/b14-12-,15-13-,20-18-,21-19-. The van der Waals surface area contributed by atoms with Crippen molar-refractivity contribution < 1.29 is 4.79 Å². The molecule has 0 aromatic heterocycles. The van der Waals surface area contributed by atoms with Gasteiger partial charge in [0.05, 0.1) is 0 Å². The number of Topliss-reactive ketones (excluding diaryl/α,β-unsaturated/α-hetero) is 1. The maximum atomic E-state index is 12.9. The monoisotopic (exact) mass is 626 g/mol. The van der Waals surface area contributed by atoms with Crippen LogP contribution in [0.2, 0.25) is 0 Å². The highest BCUT2D eigenvalue weighted by Crippen LogP contribution is 2.36. The summed E-state index contributed by atoms with van der Waals surface area (Å²) in [4.78, 5) is 15.1. The van der Waals surface area contributed by atoms with E-state index >= 15 is 0 Å². The van der Waals surface area contributed by atoms with Crippen molar-refractivity contribution in [2.75, 3.05) is 20.6 Å². The molecule has 0 aliphatic rings. The number of unbranched alkanes of at least 4 members (excludes halogenated alkanes) is 16. The van der Waals surface area contributed by atoms with E-state index in [1.54, 1.807) is 0 Å². The summed E-state index contributed by atoms with van der Waals surface area (Å²) >= 11 is 0. The summed E-state index contributed by atoms with van der Waals surface area (Å²) in [5, 5.41) is 0. The third kappa shape index (κ3) is 33.8. The zero-order valence-corrected chi connectivity index (χ0v) is 31.3. The molecule has 0 fully saturated rings. The largest absolute Gasteiger partial charge is 0.309 e. The molecule has 2 heteroatoms. The quantitative estimate of drug-likeness (QED) is 0.0524. The Balaban J connectivity index is 4.19. The second kappa shape index (κ2) is 33.9. The minimum atomic E-state index is 0.195. The average Bonchev–Trinajstić information content (AvgIpc) is 3.01. The molecule has 0 saturated carbocycles. The van der Waals surface area contributed by atoms with Crippen LogP contribution in [0.5, 0.6) is 0 Å². The summed E-state index contributed by atoms with van der Waals surface area (Å²) in [6.07, 6.45) is 52.0. The van der Waals surface area contributed by atoms with Gasteiger partial charge in [-0.15, -0.1) is 0 Å². The van der Waals surface area contributed by atoms with Crippen LogP contribution in [0.1, 0.15) is 194 Å². The Kier molecular flexibility index (Phi) is 32.9. The SMILES string of the molecule is CCCC/C=C\C/C=C\CCCCCCCCC(C)(CCCCCCCC/C=C\C/C=C\CCCC)CC(=O)CCCN(C)C. The lowest BCUT2D eigenvalue weighted by atomic mass is 9.75. The van der Waals surface area contributed by atoms with Crippen molar-refractivity contribution >= 4 is 5.78 Å². The van der Waals surface area contributed by atoms with Crippen molar-refractivity contribution in [1.29, 1.82) is 0 Å². The van der Waals surface area contributed by atoms with Gasteiger partial charge >= 0.3 is 0 Å². The minimum absolute atomic E-state index is 0.195. The highest BCUT2D eigenvalue weighted by molar-refractivity contribution is 5.79. The van der Waals surface area contributed by atoms with E-state index in [0.29, 0.717) is 5.78 Å². The number of hydrogen-bond donors (Lipinski definition) is 0. The lowest BCUT2D eigenvalue weighted by Gasteiger charge is -2.29. The van der Waals surface area contributed by atoms with Gasteiger partial charge in [0.1, 0.15) is 5.78 Å². The molecular weight excluding hydrogens is 546 g/mol. The predicted molar refractivity (Wildman–Crippen MR) is 204 cm³/mol. The zero-order valence-electron chi connectivity index (χ0n) is 31.3. The van der Waals surface area contributed by atoms with Gasteiger partial charge in [-0.3, -0.25) is 4.79 Å². The van der Waals surface area contributed by atoms with Gasteiger partial charge in [0.15, 0.2) is 0 Å². The second-order valence-corrected chi connectivity index (χ2v) is 14.4. The Morgan fingerprint density at radius 2 is 0.889 bits per heavy atom. The molecule has 0 atom stereocenters. The fourth-order valence-corrected chi connectivity index (χ4v) is 6.16. The third-order valence-corrected chi connectivity index (χ3v) is 9.15. The molecule has 0 unspecified atom stereocenters. The Morgan fingerprint density at radius 1 is 0.511 bits per heavy atom. The van der Waals surface area contributed by atoms with E-state index in [9.17, 15) is 4.79 Å². The first-order chi connectivity index (χ1) is 21.9. The Bertz CT molecular complexity index is 697. The highest BCUT2D eigenvalue weighted by Gasteiger charge is 2.26. The number of carbonyl (C=O) groups is 1. The molecule has 0 aliphatic heterocycles. The molecule has 262 valence electrons. The van der Waals surface area contributed by atoms with Crippen molar-refractivity contribution in [2.24, 2.45) is 5.41 Å². The number of nitrogens with zero attached hydrogens (tertiary/aromatic N) is 1. The molecule has 0 amide bonds. The van der Waals surface area contributed by atoms with Gasteiger partial charge in [-0.05, 0) is 96.7 Å². The third-order valence-electron chi connectivity index (χ3n) is 9.15. The topological polar surface area (TPSA) is 20.3 Å². The van der Waals surface area contributed by atoms with Crippen molar-refractivity contribution in [2.45, 2.75) is 194 Å². The predicted octanol–water partition coefficient (Wildman–Crippen LogP) is 13.9. The van der Waals surface area contributed by atoms with E-state index in [1.165, 1.54) is 141 Å². The lowest BCUT2D eigenvalue weighted by molar-refractivity contribution is -0.121. The first-order valence-electron chi connectivity index (χ1n) is 19.7. The Hall–Kier alpha value is -1.41. The van der Waals surface area contributed by atoms with Crippen LogP contribution >= 0.6 is 0 Å². The number of rotatable bonds is 34. The van der Waals surface area contributed by atoms with Crippen molar-refractivity contribution in [3.05, 3.63) is 48.6 Å². The van der Waals surface area contributed by atoms with Gasteiger partial charge in [0.2, 0.25) is 0 Å². The molecule has 0 N–H and O–H groups in total. The molecule has 0 saturated heterocycles. The molecule has 0 aromatic rings. The normalized spacial score (nSPS) is 12.8. The zero-order chi connectivity index (χ0) is 33.1. The summed E-state index contributed by atoms with van der Waals surface area (Å²) in [7, 11) is 4.20. The van der Waals surface area contributed by atoms with Crippen LogP contribution in [0.25, 0.3) is 0 Å². The maximum Gasteiger partial charge on any atom is 0.133 e. The summed E-state index contributed by atoms with van der Waals surface area (Å²) in [6, 6.07) is 0. The summed E-state index contributed by atoms with van der Waals surface area (Å²) < 4.78 is 0. The molecule has 0 aromatic carbocycles. The van der Waals surface area contributed by atoms with Gasteiger partial charge in [0, 0.05) is 12.8 Å². The van der Waals surface area contributed by atoms with Gasteiger partial charge in [-0.1, -0.05) is 159 Å². The Morgan fingerprint density at radius 3 is 1.29 bits per heavy atom. The van der Waals surface area contributed by atoms with E-state index in [1.807, 2.05) is 0 Å². The van der Waals surface area contributed by atoms with Crippen molar-refractivity contribution in [3.63, 3.8) is 0 Å². The molecular formula is C43H79NO. The van der Waals surface area contributed by atoms with Gasteiger partial charge in [0.25, 0.3) is 0 Å². The van der Waals surface area contributed by atoms with Gasteiger partial charge < -0.3 is 4.90 Å². The average molecular weight is 626 g/mol. The molecule has 0 radical (unpaired) electrons. The lowest BCUT2D eigenvalue weighted by Crippen LogP contribution is -2.22. The number of ketones is 1. The fraction of sp³-hybridized carbons (Fsp3) is 0.791. The van der Waals surface area contributed by atoms with Gasteiger partial charge in [-0.25, -0.2) is 0 Å². The summed E-state index contributed by atoms with van der Waals surface area (Å²) in [5.74, 6) is 0.494. The van der Waals surface area contributed by atoms with E-state index in [-0.39, 0.29) is 5.41 Å². The minimum Gasteiger partial charge on any atom is -0.309 e. The van der Waals surface area contributed by atoms with Gasteiger partial charge in [-0.2, -0.15) is 0 Å². The number of hydrogen-bond acceptors (Lipinski definition) is 2. The molecule has 0 rings (SSSR count). The second-order valence-electron chi connectivity index (χ2n) is 14.4. The van der Waals surface area contributed by atoms with Crippen LogP contribution in [-0.4, -0.2) is 31.3 Å². The van der Waals surface area contributed by atoms with Crippen molar-refractivity contribution in [1.82, 2.24) is 4.90 Å². The van der Waals surface area contributed by atoms with E-state index in [2.05, 4.69) is 88.4 Å². The maximum absolute atomic E-state index is 12.9. The van der Waals surface area contributed by atoms with Crippen LogP contribution < -0.4 is 0 Å². The molecule has 0 spiro atoms. The first-order valence-corrected chi connectivity index (χ1v) is 19.7. The Labute approximate surface area is 283 Å². The highest BCUT2D eigenvalue weighted by atomic mass is 16.1. The summed E-state index contributed by atoms with van der Waals surface area (Å²) in [5.41, 5.74) is 0.195. The number of carbonyl (C=O) groups excluding carboxylic acids is 1. The van der Waals surface area contributed by atoms with Crippen LogP contribution in [0, 0.1) is 5.41 Å². The first kappa shape index (κ1) is 43.6. The number of allylic oxidation sites excluding steroid dienone is 8.